The van der Waals surface area contributed by atoms with Crippen LogP contribution < -0.4 is 22.9 Å². The Labute approximate surface area is 678 Å². The quantitative estimate of drug-likeness (QED) is 0.0322. The predicted molar refractivity (Wildman–Crippen MR) is 389 cm³/mol. The van der Waals surface area contributed by atoms with Gasteiger partial charge in [-0.15, -0.1) is 0 Å². The van der Waals surface area contributed by atoms with E-state index in [0.717, 1.165) is 50.1 Å². The zero-order valence-electron chi connectivity index (χ0n) is 64.8. The van der Waals surface area contributed by atoms with Crippen LogP contribution in [0.1, 0.15) is 210 Å². The van der Waals surface area contributed by atoms with Gasteiger partial charge in [-0.05, 0) is 175 Å². The first kappa shape index (κ1) is 89.4. The SMILES string of the molecule is CC(C)(F)c1nc([C@@H]2CCCN2C(=O)C[C@H](N)Cc2cc(F)c(F)cc2F)no1.N[C@@H](CC(=O)N1CCC[C@H]1c1noc(-c2ccc(F)cn2)n1)Cc1cc(F)c(F)cc1F.N[C@@H](CC(=O)N1CCC[C@H]1c1noc(C2(C(F)(F)F)CC2)n1)Cc1cc(F)c(F)cc1F.N[C@@H](CC(=O)N1CCC[C@H]1c1noc(C2CC2)n1)Cc1cc(F)c(F)cc1F. The summed E-state index contributed by atoms with van der Waals surface area (Å²) in [5, 5.41) is 15.4. The van der Waals surface area contributed by atoms with Crippen LogP contribution in [0.4, 0.5) is 74.6 Å². The van der Waals surface area contributed by atoms with E-state index in [0.29, 0.717) is 118 Å². The second-order valence-corrected chi connectivity index (χ2v) is 31.1. The van der Waals surface area contributed by atoms with Crippen molar-refractivity contribution in [1.29, 1.82) is 0 Å². The average molecular weight is 1720 g/mol. The van der Waals surface area contributed by atoms with Gasteiger partial charge in [-0.3, -0.25) is 19.2 Å². The number of halogens is 17. The van der Waals surface area contributed by atoms with Crippen LogP contribution in [0.5, 0.6) is 0 Å². The predicted octanol–water partition coefficient (Wildman–Crippen LogP) is 13.3. The molecule has 2 aliphatic carbocycles. The Bertz CT molecular complexity index is 5180. The van der Waals surface area contributed by atoms with Crippen LogP contribution in [0.15, 0.2) is 85.0 Å². The maximum absolute atomic E-state index is 14.0. The monoisotopic (exact) mass is 1720 g/mol. The number of hydrogen-bond donors (Lipinski definition) is 4. The Balaban J connectivity index is 0.000000148. The van der Waals surface area contributed by atoms with E-state index in [1.54, 1.807) is 9.80 Å². The van der Waals surface area contributed by atoms with Crippen LogP contribution in [0.3, 0.4) is 0 Å². The fraction of sp³-hybridized carbons (Fsp3) is 0.481. The molecule has 121 heavy (non-hydrogen) atoms. The number of benzene rings is 4. The summed E-state index contributed by atoms with van der Waals surface area (Å²) in [6, 6.07) is 2.39. The smallest absolute Gasteiger partial charge is 0.339 e. The Hall–Kier alpha value is -10.9. The first-order valence-corrected chi connectivity index (χ1v) is 38.8. The van der Waals surface area contributed by atoms with E-state index in [-0.39, 0.29) is 139 Å². The third-order valence-electron chi connectivity index (χ3n) is 21.4. The summed E-state index contributed by atoms with van der Waals surface area (Å²) in [5.41, 5.74) is 19.8. The summed E-state index contributed by atoms with van der Waals surface area (Å²) in [4.78, 5) is 77.8. The highest BCUT2D eigenvalue weighted by molar-refractivity contribution is 5.79. The lowest BCUT2D eigenvalue weighted by molar-refractivity contribution is -0.166. The lowest BCUT2D eigenvalue weighted by Gasteiger charge is -2.24. The van der Waals surface area contributed by atoms with Gasteiger partial charge in [0.1, 0.15) is 40.2 Å². The zero-order valence-corrected chi connectivity index (χ0v) is 64.8. The molecule has 4 aliphatic heterocycles. The number of carbonyl (C=O) groups excluding carboxylic acids is 4. The highest BCUT2D eigenvalue weighted by atomic mass is 19.4. The second-order valence-electron chi connectivity index (χ2n) is 31.1. The third-order valence-corrected chi connectivity index (χ3v) is 21.4. The molecule has 6 aliphatic rings. The van der Waals surface area contributed by atoms with Crippen LogP contribution >= 0.6 is 0 Å². The van der Waals surface area contributed by atoms with Crippen molar-refractivity contribution in [3.8, 4) is 11.6 Å². The molecular weight excluding hydrogens is 1640 g/mol. The van der Waals surface area contributed by atoms with Crippen molar-refractivity contribution in [3.63, 3.8) is 0 Å². The van der Waals surface area contributed by atoms with E-state index in [4.69, 9.17) is 41.0 Å². The van der Waals surface area contributed by atoms with Crippen LogP contribution in [0, 0.1) is 75.6 Å². The third kappa shape index (κ3) is 21.7. The Morgan fingerprint density at radius 3 is 1.08 bits per heavy atom. The van der Waals surface area contributed by atoms with Gasteiger partial charge in [-0.2, -0.15) is 33.1 Å². The summed E-state index contributed by atoms with van der Waals surface area (Å²) >= 11 is 0. The normalized spacial score (nSPS) is 19.2. The molecule has 4 amide bonds. The number of pyridine rings is 1. The molecule has 9 aromatic rings. The lowest BCUT2D eigenvalue weighted by atomic mass is 10.0. The largest absolute Gasteiger partial charge is 0.403 e. The molecule has 25 nitrogen and oxygen atoms in total. The number of amides is 4. The average Bonchev–Trinajstić information content (AvgIpc) is 1.57. The molecule has 8 N–H and O–H groups in total. The van der Waals surface area contributed by atoms with Crippen LogP contribution in [-0.4, -0.2) is 145 Å². The minimum atomic E-state index is -4.50. The van der Waals surface area contributed by atoms with Gasteiger partial charge in [0.2, 0.25) is 35.4 Å². The van der Waals surface area contributed by atoms with Gasteiger partial charge in [0.15, 0.2) is 75.5 Å². The number of rotatable bonds is 24. The van der Waals surface area contributed by atoms with Gasteiger partial charge in [-0.1, -0.05) is 20.6 Å². The number of aromatic nitrogens is 9. The molecule has 0 spiro atoms. The Morgan fingerprint density at radius 1 is 0.421 bits per heavy atom. The zero-order chi connectivity index (χ0) is 87.3. The molecule has 9 heterocycles. The molecule has 650 valence electrons. The van der Waals surface area contributed by atoms with Crippen molar-refractivity contribution in [2.24, 2.45) is 22.9 Å². The number of likely N-dealkylation sites (tertiary alicyclic amines) is 4. The Kier molecular flexibility index (Phi) is 27.8. The molecule has 4 saturated heterocycles. The summed E-state index contributed by atoms with van der Waals surface area (Å²) in [6.07, 6.45) is 2.51. The van der Waals surface area contributed by atoms with Gasteiger partial charge in [0.25, 0.3) is 11.8 Å². The fourth-order valence-corrected chi connectivity index (χ4v) is 14.8. The topological polar surface area (TPSA) is 354 Å². The first-order chi connectivity index (χ1) is 57.3. The van der Waals surface area contributed by atoms with Crippen molar-refractivity contribution in [1.82, 2.24) is 65.1 Å². The number of nitrogens with two attached hydrogens (primary N) is 4. The molecule has 0 unspecified atom stereocenters. The standard InChI is InChI=1S/C21H19F4N5O2.C20H20F6N4O2.C19H22F4N4O2.C19H21F3N4O2/c22-12-3-4-17(27-10-12)21-28-20(29-32-21)18-2-1-5-30(18)19(31)8-13(26)6-11-7-15(24)16(25)9-14(11)23;21-12-9-14(23)13(22)7-10(12)6-11(27)8-16(31)30-5-1-2-15(30)17-28-18(32-29-17)19(3-4-19)20(24,25)26;1-19(2,23)18-25-17(26-29-18)15-4-3-5-27(15)16(28)8-11(24)6-10-7-13(21)14(22)9-12(10)20;20-13-9-15(22)14(21)7-11(13)6-12(23)8-17(27)26-5-1-2-16(26)18-24-19(28-25-18)10-3-4-10/h3-4,7,9-10,13,18H,1-2,5-6,8,26H2;7,9,11,15H,1-6,8,27H2;7,9,11,15H,3-6,8,24H2,1-2H3;7,9-10,12,16H,1-6,8,23H2/t13-,18+;2*11-,15+;12-,16+/m1111/s1. The van der Waals surface area contributed by atoms with Crippen LogP contribution in [0.25, 0.3) is 11.6 Å². The maximum atomic E-state index is 14.0. The molecule has 5 aromatic heterocycles. The van der Waals surface area contributed by atoms with Crippen molar-refractivity contribution in [2.75, 3.05) is 26.2 Å². The minimum absolute atomic E-state index is 0.00148. The molecular formula is C79H82F17N17O8. The summed E-state index contributed by atoms with van der Waals surface area (Å²) in [7, 11) is 0. The van der Waals surface area contributed by atoms with Crippen molar-refractivity contribution in [3.05, 3.63) is 206 Å². The van der Waals surface area contributed by atoms with Crippen molar-refractivity contribution >= 4 is 23.6 Å². The molecule has 42 heteroatoms. The van der Waals surface area contributed by atoms with Gasteiger partial charge >= 0.3 is 6.18 Å². The summed E-state index contributed by atoms with van der Waals surface area (Å²) in [5.74, 6) is -13.9. The Morgan fingerprint density at radius 2 is 0.752 bits per heavy atom. The molecule has 2 saturated carbocycles. The van der Waals surface area contributed by atoms with E-state index < -0.39 is 147 Å². The van der Waals surface area contributed by atoms with E-state index in [1.165, 1.54) is 35.8 Å². The molecule has 8 atom stereocenters. The van der Waals surface area contributed by atoms with Crippen molar-refractivity contribution in [2.45, 2.75) is 214 Å². The van der Waals surface area contributed by atoms with Gasteiger partial charge in [0.05, 0.1) is 30.4 Å². The van der Waals surface area contributed by atoms with Crippen molar-refractivity contribution < 1.29 is 112 Å². The fourth-order valence-electron chi connectivity index (χ4n) is 14.8. The number of alkyl halides is 4. The number of nitrogens with zero attached hydrogens (tertiary/aromatic N) is 13. The molecule has 4 aromatic carbocycles. The van der Waals surface area contributed by atoms with E-state index >= 15 is 0 Å². The highest BCUT2D eigenvalue weighted by Crippen LogP contribution is 2.58. The highest BCUT2D eigenvalue weighted by Gasteiger charge is 2.68. The number of carbonyl (C=O) groups is 4. The maximum Gasteiger partial charge on any atom is 0.403 e. The van der Waals surface area contributed by atoms with E-state index in [9.17, 15) is 93.8 Å². The molecule has 0 bridgehead atoms. The lowest BCUT2D eigenvalue weighted by Crippen LogP contribution is -2.37. The van der Waals surface area contributed by atoms with E-state index in [1.807, 2.05) is 0 Å². The van der Waals surface area contributed by atoms with Gasteiger partial charge < -0.3 is 60.6 Å². The minimum Gasteiger partial charge on any atom is -0.339 e. The van der Waals surface area contributed by atoms with Gasteiger partial charge in [-0.25, -0.2) is 66.4 Å². The van der Waals surface area contributed by atoms with Crippen LogP contribution in [-0.2, 0) is 55.9 Å². The number of hydrogen-bond acceptors (Lipinski definition) is 21. The van der Waals surface area contributed by atoms with Crippen LogP contribution in [0.2, 0.25) is 0 Å². The van der Waals surface area contributed by atoms with Gasteiger partial charge in [0, 0.05) is 106 Å². The molecule has 15 rings (SSSR count). The van der Waals surface area contributed by atoms with E-state index in [2.05, 4.69) is 45.5 Å². The summed E-state index contributed by atoms with van der Waals surface area (Å²) < 4.78 is 248. The first-order valence-electron chi connectivity index (χ1n) is 38.8. The molecule has 6 fully saturated rings. The molecule has 0 radical (unpaired) electrons. The summed E-state index contributed by atoms with van der Waals surface area (Å²) in [6.45, 7) is 4.36. The second kappa shape index (κ2) is 37.6.